The molecule has 0 fully saturated rings. The van der Waals surface area contributed by atoms with Crippen LogP contribution in [0, 0.1) is 13.8 Å². The van der Waals surface area contributed by atoms with Crippen molar-refractivity contribution >= 4 is 11.9 Å². The van der Waals surface area contributed by atoms with Gasteiger partial charge in [-0.25, -0.2) is 14.8 Å². The smallest absolute Gasteiger partial charge is 0.339 e. The Morgan fingerprint density at radius 2 is 1.62 bits per heavy atom. The molecule has 0 atom stereocenters. The third-order valence-corrected chi connectivity index (χ3v) is 2.52. The van der Waals surface area contributed by atoms with E-state index in [1.807, 2.05) is 18.7 Å². The summed E-state index contributed by atoms with van der Waals surface area (Å²) < 4.78 is 0. The Hall–Kier alpha value is -1.65. The zero-order valence-corrected chi connectivity index (χ0v) is 10.1. The zero-order chi connectivity index (χ0) is 12.3. The molecule has 0 amide bonds. The molecule has 0 aliphatic carbocycles. The second-order valence-electron chi connectivity index (χ2n) is 3.55. The van der Waals surface area contributed by atoms with Crippen molar-refractivity contribution in [2.45, 2.75) is 27.7 Å². The van der Waals surface area contributed by atoms with Crippen LogP contribution < -0.4 is 4.90 Å². The molecule has 1 N–H and O–H groups in total. The molecule has 0 saturated carbocycles. The summed E-state index contributed by atoms with van der Waals surface area (Å²) in [6.45, 7) is 9.05. The number of carboxylic acid groups (broad SMARTS) is 1. The zero-order valence-electron chi connectivity index (χ0n) is 10.1. The number of hydrogen-bond acceptors (Lipinski definition) is 4. The molecule has 5 nitrogen and oxygen atoms in total. The van der Waals surface area contributed by atoms with Gasteiger partial charge in [0.15, 0.2) is 0 Å². The van der Waals surface area contributed by atoms with Gasteiger partial charge in [-0.3, -0.25) is 0 Å². The Kier molecular flexibility index (Phi) is 3.82. The molecule has 1 aromatic heterocycles. The second kappa shape index (κ2) is 4.92. The topological polar surface area (TPSA) is 66.3 Å². The van der Waals surface area contributed by atoms with Crippen molar-refractivity contribution in [1.82, 2.24) is 9.97 Å². The Labute approximate surface area is 95.1 Å². The van der Waals surface area contributed by atoms with E-state index in [0.717, 1.165) is 13.1 Å². The molecule has 0 spiro atoms. The third-order valence-electron chi connectivity index (χ3n) is 2.52. The lowest BCUT2D eigenvalue weighted by Crippen LogP contribution is -2.25. The molecule has 5 heteroatoms. The quantitative estimate of drug-likeness (QED) is 0.840. The maximum absolute atomic E-state index is 11.0. The van der Waals surface area contributed by atoms with Crippen molar-refractivity contribution < 1.29 is 9.90 Å². The molecule has 0 aliphatic rings. The fraction of sp³-hybridized carbons (Fsp3) is 0.545. The van der Waals surface area contributed by atoms with Gasteiger partial charge in [0.05, 0.1) is 11.4 Å². The van der Waals surface area contributed by atoms with E-state index in [4.69, 9.17) is 5.11 Å². The first kappa shape index (κ1) is 12.4. The van der Waals surface area contributed by atoms with Crippen molar-refractivity contribution in [2.24, 2.45) is 0 Å². The molecular weight excluding hydrogens is 206 g/mol. The maximum Gasteiger partial charge on any atom is 0.339 e. The highest BCUT2D eigenvalue weighted by Crippen LogP contribution is 2.15. The van der Waals surface area contributed by atoms with Gasteiger partial charge < -0.3 is 10.0 Å². The lowest BCUT2D eigenvalue weighted by molar-refractivity contribution is 0.0694. The molecule has 16 heavy (non-hydrogen) atoms. The van der Waals surface area contributed by atoms with Gasteiger partial charge in [0.1, 0.15) is 5.56 Å². The molecule has 1 rings (SSSR count). The SMILES string of the molecule is CCN(CC)c1nc(C)c(C(=O)O)c(C)n1. The predicted molar refractivity (Wildman–Crippen MR) is 62.0 cm³/mol. The molecule has 1 aromatic rings. The summed E-state index contributed by atoms with van der Waals surface area (Å²) in [4.78, 5) is 21.4. The van der Waals surface area contributed by atoms with Crippen molar-refractivity contribution in [3.63, 3.8) is 0 Å². The van der Waals surface area contributed by atoms with Gasteiger partial charge in [-0.2, -0.15) is 0 Å². The van der Waals surface area contributed by atoms with Crippen LogP contribution in [0.1, 0.15) is 35.6 Å². The fourth-order valence-electron chi connectivity index (χ4n) is 1.66. The van der Waals surface area contributed by atoms with Crippen LogP contribution in [0.25, 0.3) is 0 Å². The molecule has 1 heterocycles. The molecule has 0 radical (unpaired) electrons. The number of aromatic carboxylic acids is 1. The number of rotatable bonds is 4. The normalized spacial score (nSPS) is 10.2. The van der Waals surface area contributed by atoms with Crippen LogP contribution in [0.2, 0.25) is 0 Å². The van der Waals surface area contributed by atoms with E-state index >= 15 is 0 Å². The van der Waals surface area contributed by atoms with Gasteiger partial charge >= 0.3 is 5.97 Å². The molecule has 0 saturated heterocycles. The number of nitrogens with zero attached hydrogens (tertiary/aromatic N) is 3. The van der Waals surface area contributed by atoms with Gasteiger partial charge in [0.25, 0.3) is 0 Å². The predicted octanol–water partition coefficient (Wildman–Crippen LogP) is 1.64. The highest BCUT2D eigenvalue weighted by Gasteiger charge is 2.16. The van der Waals surface area contributed by atoms with Crippen LogP contribution in [-0.4, -0.2) is 34.1 Å². The van der Waals surface area contributed by atoms with Crippen LogP contribution >= 0.6 is 0 Å². The average Bonchev–Trinajstić information content (AvgIpc) is 2.17. The molecule has 0 bridgehead atoms. The standard InChI is InChI=1S/C11H17N3O2/c1-5-14(6-2)11-12-7(3)9(10(15)16)8(4)13-11/h5-6H2,1-4H3,(H,15,16). The maximum atomic E-state index is 11.0. The summed E-state index contributed by atoms with van der Waals surface area (Å²) in [5, 5.41) is 9.00. The van der Waals surface area contributed by atoms with E-state index < -0.39 is 5.97 Å². The number of carbonyl (C=O) groups is 1. The number of hydrogen-bond donors (Lipinski definition) is 1. The van der Waals surface area contributed by atoms with Crippen molar-refractivity contribution in [1.29, 1.82) is 0 Å². The summed E-state index contributed by atoms with van der Waals surface area (Å²) in [5.74, 6) is -0.369. The van der Waals surface area contributed by atoms with Crippen LogP contribution in [0.3, 0.4) is 0 Å². The highest BCUT2D eigenvalue weighted by atomic mass is 16.4. The van der Waals surface area contributed by atoms with Crippen LogP contribution in [-0.2, 0) is 0 Å². The first-order chi connectivity index (χ1) is 7.51. The Morgan fingerprint density at radius 1 is 1.19 bits per heavy atom. The lowest BCUT2D eigenvalue weighted by Gasteiger charge is -2.19. The van der Waals surface area contributed by atoms with Gasteiger partial charge in [-0.05, 0) is 27.7 Å². The van der Waals surface area contributed by atoms with E-state index in [0.29, 0.717) is 17.3 Å². The number of carboxylic acids is 1. The second-order valence-corrected chi connectivity index (χ2v) is 3.55. The summed E-state index contributed by atoms with van der Waals surface area (Å²) in [6.07, 6.45) is 0. The van der Waals surface area contributed by atoms with E-state index in [1.54, 1.807) is 13.8 Å². The first-order valence-corrected chi connectivity index (χ1v) is 5.34. The van der Waals surface area contributed by atoms with E-state index in [1.165, 1.54) is 0 Å². The first-order valence-electron chi connectivity index (χ1n) is 5.34. The molecule has 0 aliphatic heterocycles. The molecule has 0 aromatic carbocycles. The van der Waals surface area contributed by atoms with Crippen molar-refractivity contribution in [3.05, 3.63) is 17.0 Å². The number of aromatic nitrogens is 2. The summed E-state index contributed by atoms with van der Waals surface area (Å²) in [5.41, 5.74) is 1.24. The third kappa shape index (κ3) is 2.29. The lowest BCUT2D eigenvalue weighted by atomic mass is 10.2. The fourth-order valence-corrected chi connectivity index (χ4v) is 1.66. The van der Waals surface area contributed by atoms with Gasteiger partial charge in [0.2, 0.25) is 5.95 Å². The molecular formula is C11H17N3O2. The highest BCUT2D eigenvalue weighted by molar-refractivity contribution is 5.90. The Morgan fingerprint density at radius 3 is 1.94 bits per heavy atom. The van der Waals surface area contributed by atoms with Crippen LogP contribution in [0.5, 0.6) is 0 Å². The average molecular weight is 223 g/mol. The van der Waals surface area contributed by atoms with Crippen molar-refractivity contribution in [3.8, 4) is 0 Å². The minimum atomic E-state index is -0.971. The monoisotopic (exact) mass is 223 g/mol. The van der Waals surface area contributed by atoms with Gasteiger partial charge in [-0.1, -0.05) is 0 Å². The van der Waals surface area contributed by atoms with Gasteiger partial charge in [0, 0.05) is 13.1 Å². The summed E-state index contributed by atoms with van der Waals surface area (Å²) in [7, 11) is 0. The Bertz CT molecular complexity index is 377. The van der Waals surface area contributed by atoms with E-state index in [2.05, 4.69) is 9.97 Å². The van der Waals surface area contributed by atoms with E-state index in [-0.39, 0.29) is 5.56 Å². The number of anilines is 1. The Balaban J connectivity index is 3.23. The summed E-state index contributed by atoms with van der Waals surface area (Å²) in [6, 6.07) is 0. The summed E-state index contributed by atoms with van der Waals surface area (Å²) >= 11 is 0. The minimum absolute atomic E-state index is 0.205. The molecule has 0 unspecified atom stereocenters. The van der Waals surface area contributed by atoms with Gasteiger partial charge in [-0.15, -0.1) is 0 Å². The van der Waals surface area contributed by atoms with E-state index in [9.17, 15) is 4.79 Å². The van der Waals surface area contributed by atoms with Crippen LogP contribution in [0.15, 0.2) is 0 Å². The molecule has 88 valence electrons. The largest absolute Gasteiger partial charge is 0.478 e. The minimum Gasteiger partial charge on any atom is -0.478 e. The van der Waals surface area contributed by atoms with Crippen molar-refractivity contribution in [2.75, 3.05) is 18.0 Å². The number of aryl methyl sites for hydroxylation is 2. The van der Waals surface area contributed by atoms with Crippen LogP contribution in [0.4, 0.5) is 5.95 Å².